The third-order valence-electron chi connectivity index (χ3n) is 8.15. The Morgan fingerprint density at radius 1 is 0.681 bits per heavy atom. The largest absolute Gasteiger partial charge is 1.00 e. The molecule has 10 nitrogen and oxygen atoms in total. The maximum atomic E-state index is 7.06. The van der Waals surface area contributed by atoms with Gasteiger partial charge in [-0.05, 0) is 61.8 Å². The Morgan fingerprint density at radius 2 is 1.19 bits per heavy atom. The van der Waals surface area contributed by atoms with Crippen molar-refractivity contribution < 1.29 is 21.5 Å². The van der Waals surface area contributed by atoms with Crippen LogP contribution < -0.4 is 21.5 Å². The molecule has 2 N–H and O–H groups in total. The van der Waals surface area contributed by atoms with Crippen molar-refractivity contribution in [3.8, 4) is 45.0 Å². The molecule has 3 aromatic heterocycles. The molecule has 0 aliphatic carbocycles. The van der Waals surface area contributed by atoms with E-state index < -0.39 is 0 Å². The number of benzene rings is 4. The van der Waals surface area contributed by atoms with Crippen molar-refractivity contribution in [2.75, 3.05) is 0 Å². The van der Waals surface area contributed by atoms with E-state index in [9.17, 15) is 0 Å². The molecule has 0 aliphatic rings. The van der Waals surface area contributed by atoms with Gasteiger partial charge < -0.3 is 17.0 Å². The molecule has 0 atom stereocenters. The van der Waals surface area contributed by atoms with Gasteiger partial charge in [-0.25, -0.2) is 9.13 Å². The fourth-order valence-corrected chi connectivity index (χ4v) is 6.10. The topological polar surface area (TPSA) is 118 Å². The number of H-pyrrole nitrogens is 2. The summed E-state index contributed by atoms with van der Waals surface area (Å²) >= 11 is 7.06. The molecule has 3 heterocycles. The minimum absolute atomic E-state index is 0. The van der Waals surface area contributed by atoms with Crippen LogP contribution >= 0.6 is 11.6 Å². The van der Waals surface area contributed by atoms with E-state index in [4.69, 9.17) is 11.6 Å². The predicted molar refractivity (Wildman–Crippen MR) is 177 cm³/mol. The van der Waals surface area contributed by atoms with Crippen LogP contribution in [-0.4, -0.2) is 45.8 Å². The first-order valence-electron chi connectivity index (χ1n) is 15.3. The summed E-state index contributed by atoms with van der Waals surface area (Å²) in [5.41, 5.74) is 9.68. The minimum atomic E-state index is 0. The zero-order valence-corrected chi connectivity index (χ0v) is 28.0. The molecule has 47 heavy (non-hydrogen) atoms. The molecule has 0 saturated carbocycles. The number of aromatic amines is 2. The maximum absolute atomic E-state index is 7.06. The van der Waals surface area contributed by atoms with Crippen LogP contribution in [0.25, 0.3) is 45.0 Å². The molecule has 12 heteroatoms. The first kappa shape index (κ1) is 32.0. The van der Waals surface area contributed by atoms with Gasteiger partial charge in [-0.15, -0.1) is 20.4 Å². The first-order chi connectivity index (χ1) is 22.7. The van der Waals surface area contributed by atoms with Gasteiger partial charge in [0.25, 0.3) is 0 Å². The third kappa shape index (κ3) is 6.91. The van der Waals surface area contributed by atoms with Gasteiger partial charge in [-0.3, -0.25) is 0 Å². The van der Waals surface area contributed by atoms with Gasteiger partial charge in [-0.1, -0.05) is 110 Å². The van der Waals surface area contributed by atoms with E-state index in [1.807, 2.05) is 36.4 Å². The number of hydrogen-bond donors (Lipinski definition) is 2. The molecular formula is C35H32BrClN10. The lowest BCUT2D eigenvalue weighted by molar-refractivity contribution is -0.685. The molecule has 0 fully saturated rings. The number of tetrazole rings is 2. The van der Waals surface area contributed by atoms with E-state index >= 15 is 0 Å². The Kier molecular flexibility index (Phi) is 9.94. The van der Waals surface area contributed by atoms with Crippen LogP contribution in [-0.2, 0) is 19.5 Å². The zero-order chi connectivity index (χ0) is 31.3. The van der Waals surface area contributed by atoms with Crippen LogP contribution in [0.5, 0.6) is 0 Å². The van der Waals surface area contributed by atoms with Crippen molar-refractivity contribution in [2.45, 2.75) is 39.3 Å². The Bertz CT molecular complexity index is 2040. The van der Waals surface area contributed by atoms with Crippen LogP contribution in [0.15, 0.2) is 103 Å². The molecule has 236 valence electrons. The average Bonchev–Trinajstić information content (AvgIpc) is 3.89. The number of imidazole rings is 1. The van der Waals surface area contributed by atoms with Gasteiger partial charge in [0.15, 0.2) is 5.69 Å². The predicted octanol–water partition coefficient (Wildman–Crippen LogP) is 3.57. The van der Waals surface area contributed by atoms with E-state index in [1.165, 1.54) is 5.56 Å². The average molecular weight is 708 g/mol. The Balaban J connectivity index is 0.00000386. The van der Waals surface area contributed by atoms with E-state index in [-0.39, 0.29) is 17.0 Å². The Hall–Kier alpha value is -5.00. The summed E-state index contributed by atoms with van der Waals surface area (Å²) in [6.45, 7) is 3.60. The summed E-state index contributed by atoms with van der Waals surface area (Å²) in [5, 5.41) is 30.0. The molecule has 0 radical (unpaired) electrons. The number of nitrogens with one attached hydrogen (secondary N) is 2. The van der Waals surface area contributed by atoms with Crippen molar-refractivity contribution in [1.82, 2.24) is 45.8 Å². The molecule has 7 rings (SSSR count). The minimum Gasteiger partial charge on any atom is -1.00 e. The number of rotatable bonds is 11. The quantitative estimate of drug-likeness (QED) is 0.199. The molecule has 0 bridgehead atoms. The van der Waals surface area contributed by atoms with Crippen LogP contribution in [0.4, 0.5) is 0 Å². The highest BCUT2D eigenvalue weighted by Crippen LogP contribution is 2.31. The highest BCUT2D eigenvalue weighted by Gasteiger charge is 2.22. The SMILES string of the molecule is CCCCc1c(Cl)[n+](Cc2ccc(-c3ccccc3-c3nn[nH]n3)cc2)cn1Cc1ccc(-c2ccccc2-c2nn[nH]n2)cc1.[Br-]. The van der Waals surface area contributed by atoms with Crippen LogP contribution in [0, 0.1) is 0 Å². The highest BCUT2D eigenvalue weighted by molar-refractivity contribution is 6.29. The van der Waals surface area contributed by atoms with Crippen LogP contribution in [0.2, 0.25) is 5.15 Å². The second kappa shape index (κ2) is 14.6. The van der Waals surface area contributed by atoms with Crippen LogP contribution in [0.1, 0.15) is 36.6 Å². The van der Waals surface area contributed by atoms with E-state index in [2.05, 4.69) is 124 Å². The van der Waals surface area contributed by atoms with Gasteiger partial charge in [-0.2, -0.15) is 10.4 Å². The third-order valence-corrected chi connectivity index (χ3v) is 8.58. The van der Waals surface area contributed by atoms with Gasteiger partial charge in [0, 0.05) is 17.5 Å². The lowest BCUT2D eigenvalue weighted by Crippen LogP contribution is -3.00. The molecule has 0 aliphatic heterocycles. The summed E-state index contributed by atoms with van der Waals surface area (Å²) in [5.74, 6) is 1.15. The van der Waals surface area contributed by atoms with E-state index in [0.29, 0.717) is 18.2 Å². The standard InChI is InChI=1S/C35H32ClN10.BrH/c1-2-3-12-32-33(36)46(22-25-15-19-27(20-16-25)29-9-5-7-11-31(29)35-39-43-44-40-35)23-45(32)21-24-13-17-26(18-14-24)28-8-4-6-10-30(28)34-37-41-42-38-34;/h4-11,13-20,23H,2-3,12,21-22H2,1H3,(H,37,38,41,42)(H,39,40,43,44);1H/q+1;/p-1. The molecule has 4 aromatic carbocycles. The zero-order valence-electron chi connectivity index (χ0n) is 25.7. The number of hydrogen-bond acceptors (Lipinski definition) is 6. The summed E-state index contributed by atoms with van der Waals surface area (Å²) < 4.78 is 4.43. The number of unbranched alkanes of at least 4 members (excludes halogenated alkanes) is 1. The number of aromatic nitrogens is 10. The molecule has 0 saturated heterocycles. The van der Waals surface area contributed by atoms with Crippen molar-refractivity contribution in [1.29, 1.82) is 0 Å². The lowest BCUT2D eigenvalue weighted by Gasteiger charge is -2.08. The van der Waals surface area contributed by atoms with Crippen molar-refractivity contribution in [3.63, 3.8) is 0 Å². The maximum Gasteiger partial charge on any atom is 0.245 e. The molecule has 0 spiro atoms. The van der Waals surface area contributed by atoms with Gasteiger partial charge >= 0.3 is 0 Å². The normalized spacial score (nSPS) is 11.0. The first-order valence-corrected chi connectivity index (χ1v) is 15.7. The Labute approximate surface area is 287 Å². The second-order valence-corrected chi connectivity index (χ2v) is 11.5. The number of halogens is 2. The fourth-order valence-electron chi connectivity index (χ4n) is 5.79. The Morgan fingerprint density at radius 3 is 1.68 bits per heavy atom. The summed E-state index contributed by atoms with van der Waals surface area (Å²) in [4.78, 5) is 0. The molecular weight excluding hydrogens is 676 g/mol. The highest BCUT2D eigenvalue weighted by atomic mass is 79.9. The van der Waals surface area contributed by atoms with Gasteiger partial charge in [0.05, 0.1) is 0 Å². The number of nitrogens with zero attached hydrogens (tertiary/aromatic N) is 8. The summed E-state index contributed by atoms with van der Waals surface area (Å²) in [7, 11) is 0. The summed E-state index contributed by atoms with van der Waals surface area (Å²) in [6, 6.07) is 33.4. The van der Waals surface area contributed by atoms with Crippen molar-refractivity contribution in [2.24, 2.45) is 0 Å². The van der Waals surface area contributed by atoms with Gasteiger partial charge in [0.2, 0.25) is 23.1 Å². The lowest BCUT2D eigenvalue weighted by atomic mass is 9.98. The van der Waals surface area contributed by atoms with Crippen molar-refractivity contribution >= 4 is 11.6 Å². The van der Waals surface area contributed by atoms with Crippen LogP contribution in [0.3, 0.4) is 0 Å². The molecule has 0 unspecified atom stereocenters. The van der Waals surface area contributed by atoms with Gasteiger partial charge in [0.1, 0.15) is 13.1 Å². The fraction of sp³-hybridized carbons (Fsp3) is 0.171. The van der Waals surface area contributed by atoms with E-state index in [0.717, 1.165) is 75.6 Å². The molecule has 0 amide bonds. The monoisotopic (exact) mass is 706 g/mol. The summed E-state index contributed by atoms with van der Waals surface area (Å²) in [6.07, 6.45) is 5.24. The smallest absolute Gasteiger partial charge is 0.245 e. The molecule has 7 aromatic rings. The van der Waals surface area contributed by atoms with Crippen molar-refractivity contribution in [3.05, 3.63) is 125 Å². The second-order valence-electron chi connectivity index (χ2n) is 11.2. The van der Waals surface area contributed by atoms with E-state index in [1.54, 1.807) is 0 Å².